The molecule has 0 aliphatic rings. The van der Waals surface area contributed by atoms with Crippen molar-refractivity contribution in [2.75, 3.05) is 4.72 Å². The van der Waals surface area contributed by atoms with Crippen LogP contribution in [0.15, 0.2) is 78.0 Å². The number of sulfonamides is 1. The zero-order valence-electron chi connectivity index (χ0n) is 12.0. The van der Waals surface area contributed by atoms with E-state index < -0.39 is 10.0 Å². The summed E-state index contributed by atoms with van der Waals surface area (Å²) in [5, 5.41) is 9.04. The lowest BCUT2D eigenvalue weighted by Gasteiger charge is -2.10. The first kappa shape index (κ1) is 14.9. The van der Waals surface area contributed by atoms with Crippen molar-refractivity contribution in [3.05, 3.63) is 78.6 Å². The molecule has 0 saturated heterocycles. The van der Waals surface area contributed by atoms with Crippen molar-refractivity contribution in [1.29, 1.82) is 5.26 Å². The fourth-order valence-corrected chi connectivity index (χ4v) is 3.43. The molecule has 1 heterocycles. The standard InChI is InChI=1S/C17H13N3O2S/c18-13-14-5-1-2-6-17(14)23(21,22)19-15-7-9-16(10-8-15)20-11-3-4-12-20/h1-12,19H. The van der Waals surface area contributed by atoms with Crippen LogP contribution in [-0.2, 0) is 10.0 Å². The van der Waals surface area contributed by atoms with Gasteiger partial charge in [-0.05, 0) is 48.5 Å². The second kappa shape index (κ2) is 5.99. The van der Waals surface area contributed by atoms with Crippen molar-refractivity contribution >= 4 is 15.7 Å². The molecule has 0 aliphatic carbocycles. The molecule has 1 N–H and O–H groups in total. The second-order valence-corrected chi connectivity index (χ2v) is 6.50. The van der Waals surface area contributed by atoms with Gasteiger partial charge in [-0.2, -0.15) is 5.26 Å². The molecule has 0 fully saturated rings. The molecule has 0 radical (unpaired) electrons. The average Bonchev–Trinajstić information content (AvgIpc) is 3.09. The van der Waals surface area contributed by atoms with Crippen LogP contribution >= 0.6 is 0 Å². The highest BCUT2D eigenvalue weighted by atomic mass is 32.2. The van der Waals surface area contributed by atoms with Crippen molar-refractivity contribution in [3.8, 4) is 11.8 Å². The summed E-state index contributed by atoms with van der Waals surface area (Å²) in [4.78, 5) is -0.0306. The quantitative estimate of drug-likeness (QED) is 0.801. The van der Waals surface area contributed by atoms with E-state index in [1.165, 1.54) is 12.1 Å². The third-order valence-electron chi connectivity index (χ3n) is 3.32. The van der Waals surface area contributed by atoms with E-state index in [2.05, 4.69) is 4.72 Å². The normalized spacial score (nSPS) is 10.9. The Labute approximate surface area is 134 Å². The number of rotatable bonds is 4. The lowest BCUT2D eigenvalue weighted by atomic mass is 10.2. The zero-order valence-corrected chi connectivity index (χ0v) is 12.9. The predicted molar refractivity (Wildman–Crippen MR) is 87.7 cm³/mol. The molecule has 0 atom stereocenters. The van der Waals surface area contributed by atoms with Crippen LogP contribution in [0.1, 0.15) is 5.56 Å². The Kier molecular flexibility index (Phi) is 3.87. The fourth-order valence-electron chi connectivity index (χ4n) is 2.21. The summed E-state index contributed by atoms with van der Waals surface area (Å²) in [6.45, 7) is 0. The van der Waals surface area contributed by atoms with Crippen molar-refractivity contribution in [1.82, 2.24) is 4.57 Å². The predicted octanol–water partition coefficient (Wildman–Crippen LogP) is 3.15. The highest BCUT2D eigenvalue weighted by Gasteiger charge is 2.18. The largest absolute Gasteiger partial charge is 0.324 e. The van der Waals surface area contributed by atoms with Gasteiger partial charge in [0, 0.05) is 23.8 Å². The summed E-state index contributed by atoms with van der Waals surface area (Å²) in [7, 11) is -3.80. The first-order valence-corrected chi connectivity index (χ1v) is 8.34. The maximum Gasteiger partial charge on any atom is 0.263 e. The van der Waals surface area contributed by atoms with Gasteiger partial charge < -0.3 is 4.57 Å². The molecular weight excluding hydrogens is 310 g/mol. The van der Waals surface area contributed by atoms with E-state index in [0.717, 1.165) is 5.69 Å². The molecule has 0 spiro atoms. The number of hydrogen-bond donors (Lipinski definition) is 1. The minimum atomic E-state index is -3.80. The Morgan fingerprint density at radius 2 is 1.57 bits per heavy atom. The van der Waals surface area contributed by atoms with Gasteiger partial charge in [0.15, 0.2) is 0 Å². The van der Waals surface area contributed by atoms with E-state index in [9.17, 15) is 8.42 Å². The van der Waals surface area contributed by atoms with E-state index in [0.29, 0.717) is 5.69 Å². The number of nitrogens with one attached hydrogen (secondary N) is 1. The molecule has 114 valence electrons. The minimum Gasteiger partial charge on any atom is -0.324 e. The molecule has 0 amide bonds. The SMILES string of the molecule is N#Cc1ccccc1S(=O)(=O)Nc1ccc(-n2cccc2)cc1. The average molecular weight is 323 g/mol. The molecule has 3 aromatic rings. The van der Waals surface area contributed by atoms with Crippen LogP contribution < -0.4 is 4.72 Å². The van der Waals surface area contributed by atoms with Crippen molar-refractivity contribution in [2.45, 2.75) is 4.90 Å². The van der Waals surface area contributed by atoms with Gasteiger partial charge in [0.05, 0.1) is 5.56 Å². The summed E-state index contributed by atoms with van der Waals surface area (Å²) in [6.07, 6.45) is 3.81. The van der Waals surface area contributed by atoms with Gasteiger partial charge in [-0.1, -0.05) is 12.1 Å². The number of hydrogen-bond acceptors (Lipinski definition) is 3. The van der Waals surface area contributed by atoms with Crippen LogP contribution in [0.5, 0.6) is 0 Å². The van der Waals surface area contributed by atoms with Gasteiger partial charge in [0.2, 0.25) is 0 Å². The van der Waals surface area contributed by atoms with Crippen LogP contribution in [-0.4, -0.2) is 13.0 Å². The minimum absolute atomic E-state index is 0.0306. The van der Waals surface area contributed by atoms with Crippen LogP contribution in [0, 0.1) is 11.3 Å². The third-order valence-corrected chi connectivity index (χ3v) is 4.76. The van der Waals surface area contributed by atoms with Crippen LogP contribution in [0.25, 0.3) is 5.69 Å². The van der Waals surface area contributed by atoms with Crippen molar-refractivity contribution in [3.63, 3.8) is 0 Å². The third kappa shape index (κ3) is 3.10. The Bertz CT molecular complexity index is 954. The van der Waals surface area contributed by atoms with E-state index in [-0.39, 0.29) is 10.5 Å². The molecule has 0 aliphatic heterocycles. The van der Waals surface area contributed by atoms with E-state index >= 15 is 0 Å². The summed E-state index contributed by atoms with van der Waals surface area (Å²) < 4.78 is 29.3. The highest BCUT2D eigenvalue weighted by Crippen LogP contribution is 2.20. The molecule has 2 aromatic carbocycles. The summed E-state index contributed by atoms with van der Waals surface area (Å²) in [6, 6.07) is 18.8. The van der Waals surface area contributed by atoms with E-state index in [1.807, 2.05) is 47.3 Å². The molecule has 0 unspecified atom stereocenters. The molecule has 1 aromatic heterocycles. The maximum atomic E-state index is 12.4. The number of anilines is 1. The van der Waals surface area contributed by atoms with Crippen LogP contribution in [0.3, 0.4) is 0 Å². The molecule has 0 bridgehead atoms. The zero-order chi connectivity index (χ0) is 16.3. The van der Waals surface area contributed by atoms with Gasteiger partial charge in [0.25, 0.3) is 10.0 Å². The van der Waals surface area contributed by atoms with Gasteiger partial charge in [-0.3, -0.25) is 4.72 Å². The Hall–Kier alpha value is -3.04. The lowest BCUT2D eigenvalue weighted by Crippen LogP contribution is -2.14. The Morgan fingerprint density at radius 3 is 2.22 bits per heavy atom. The first-order valence-electron chi connectivity index (χ1n) is 6.85. The Balaban J connectivity index is 1.88. The molecular formula is C17H13N3O2S. The summed E-state index contributed by atoms with van der Waals surface area (Å²) >= 11 is 0. The highest BCUT2D eigenvalue weighted by molar-refractivity contribution is 7.92. The Morgan fingerprint density at radius 1 is 0.913 bits per heavy atom. The molecule has 6 heteroatoms. The number of aromatic nitrogens is 1. The fraction of sp³-hybridized carbons (Fsp3) is 0. The topological polar surface area (TPSA) is 74.9 Å². The monoisotopic (exact) mass is 323 g/mol. The van der Waals surface area contributed by atoms with Gasteiger partial charge in [-0.15, -0.1) is 0 Å². The maximum absolute atomic E-state index is 12.4. The number of benzene rings is 2. The van der Waals surface area contributed by atoms with Crippen molar-refractivity contribution < 1.29 is 8.42 Å². The van der Waals surface area contributed by atoms with E-state index in [4.69, 9.17) is 5.26 Å². The second-order valence-electron chi connectivity index (χ2n) is 4.85. The smallest absolute Gasteiger partial charge is 0.263 e. The van der Waals surface area contributed by atoms with E-state index in [1.54, 1.807) is 24.3 Å². The number of nitrogens with zero attached hydrogens (tertiary/aromatic N) is 2. The van der Waals surface area contributed by atoms with Crippen LogP contribution in [0.2, 0.25) is 0 Å². The van der Waals surface area contributed by atoms with Crippen LogP contribution in [0.4, 0.5) is 5.69 Å². The number of nitriles is 1. The van der Waals surface area contributed by atoms with Gasteiger partial charge >= 0.3 is 0 Å². The summed E-state index contributed by atoms with van der Waals surface area (Å²) in [5.74, 6) is 0. The van der Waals surface area contributed by atoms with Gasteiger partial charge in [-0.25, -0.2) is 8.42 Å². The summed E-state index contributed by atoms with van der Waals surface area (Å²) in [5.41, 5.74) is 1.48. The molecule has 5 nitrogen and oxygen atoms in total. The van der Waals surface area contributed by atoms with Gasteiger partial charge in [0.1, 0.15) is 11.0 Å². The lowest BCUT2D eigenvalue weighted by molar-refractivity contribution is 0.601. The first-order chi connectivity index (χ1) is 11.1. The molecule has 3 rings (SSSR count). The molecule has 23 heavy (non-hydrogen) atoms. The molecule has 0 saturated carbocycles. The van der Waals surface area contributed by atoms with Crippen molar-refractivity contribution in [2.24, 2.45) is 0 Å².